The number of benzene rings is 2. The minimum Gasteiger partial charge on any atom is -0.379 e. The zero-order chi connectivity index (χ0) is 27.2. The Hall–Kier alpha value is -2.76. The maximum absolute atomic E-state index is 13.0. The molecular weight excluding hydrogens is 516 g/mol. The predicted molar refractivity (Wildman–Crippen MR) is 152 cm³/mol. The van der Waals surface area contributed by atoms with E-state index in [1.165, 1.54) is 0 Å². The average molecular weight is 555 g/mol. The molecule has 9 nitrogen and oxygen atoms in total. The van der Waals surface area contributed by atoms with Crippen molar-refractivity contribution >= 4 is 26.8 Å². The number of H-pyrrole nitrogens is 1. The number of carbonyl (C=O) groups is 1. The van der Waals surface area contributed by atoms with Crippen molar-refractivity contribution in [2.75, 3.05) is 64.9 Å². The fourth-order valence-corrected chi connectivity index (χ4v) is 7.00. The predicted octanol–water partition coefficient (Wildman–Crippen LogP) is 2.72. The largest absolute Gasteiger partial charge is 0.379 e. The minimum atomic E-state index is -3.37. The molecule has 0 saturated carbocycles. The van der Waals surface area contributed by atoms with Crippen LogP contribution in [-0.2, 0) is 30.7 Å². The molecule has 2 aliphatic heterocycles. The lowest BCUT2D eigenvalue weighted by atomic mass is 9.88. The number of hydrogen-bond acceptors (Lipinski definition) is 6. The summed E-state index contributed by atoms with van der Waals surface area (Å²) in [6.07, 6.45) is 3.65. The quantitative estimate of drug-likeness (QED) is 0.352. The Morgan fingerprint density at radius 3 is 2.49 bits per heavy atom. The number of aromatic amines is 1. The zero-order valence-corrected chi connectivity index (χ0v) is 23.1. The van der Waals surface area contributed by atoms with Crippen molar-refractivity contribution in [3.8, 4) is 11.1 Å². The maximum atomic E-state index is 13.0. The molecule has 39 heavy (non-hydrogen) atoms. The Kier molecular flexibility index (Phi) is 8.99. The molecular formula is C29H38N4O5S. The van der Waals surface area contributed by atoms with Gasteiger partial charge in [0.15, 0.2) is 0 Å². The highest BCUT2D eigenvalue weighted by Crippen LogP contribution is 2.37. The van der Waals surface area contributed by atoms with Gasteiger partial charge in [0.1, 0.15) is 0 Å². The van der Waals surface area contributed by atoms with Crippen LogP contribution in [0.2, 0.25) is 0 Å². The molecule has 2 aliphatic rings. The molecule has 2 fully saturated rings. The second kappa shape index (κ2) is 12.6. The molecule has 0 atom stereocenters. The third kappa shape index (κ3) is 6.88. The molecule has 0 spiro atoms. The Morgan fingerprint density at radius 2 is 1.77 bits per heavy atom. The number of amides is 1. The molecule has 0 radical (unpaired) electrons. The van der Waals surface area contributed by atoms with Crippen molar-refractivity contribution in [3.05, 3.63) is 59.8 Å². The summed E-state index contributed by atoms with van der Waals surface area (Å²) in [5.74, 6) is -0.145. The molecule has 0 unspecified atom stereocenters. The number of nitrogens with two attached hydrogens (primary N) is 1. The average Bonchev–Trinajstić information content (AvgIpc) is 3.38. The number of carbonyl (C=O) groups excluding carboxylic acids is 1. The van der Waals surface area contributed by atoms with Crippen molar-refractivity contribution in [2.24, 2.45) is 5.73 Å². The molecule has 1 amide bonds. The van der Waals surface area contributed by atoms with Crippen LogP contribution >= 0.6 is 0 Å². The lowest BCUT2D eigenvalue weighted by Gasteiger charge is -2.31. The highest BCUT2D eigenvalue weighted by atomic mass is 32.2. The molecule has 0 bridgehead atoms. The van der Waals surface area contributed by atoms with Crippen molar-refractivity contribution in [1.82, 2.24) is 14.2 Å². The van der Waals surface area contributed by atoms with Gasteiger partial charge in [0.2, 0.25) is 15.9 Å². The second-order valence-electron chi connectivity index (χ2n) is 10.4. The fourth-order valence-electron chi connectivity index (χ4n) is 5.65. The Bertz CT molecular complexity index is 1360. The van der Waals surface area contributed by atoms with E-state index in [2.05, 4.69) is 28.1 Å². The first kappa shape index (κ1) is 27.8. The van der Waals surface area contributed by atoms with Crippen LogP contribution in [0.3, 0.4) is 0 Å². The van der Waals surface area contributed by atoms with Gasteiger partial charge in [-0.1, -0.05) is 30.3 Å². The Morgan fingerprint density at radius 1 is 1.03 bits per heavy atom. The van der Waals surface area contributed by atoms with Gasteiger partial charge in [0, 0.05) is 49.8 Å². The van der Waals surface area contributed by atoms with Gasteiger partial charge in [-0.2, -0.15) is 0 Å². The van der Waals surface area contributed by atoms with Crippen LogP contribution in [0.4, 0.5) is 0 Å². The van der Waals surface area contributed by atoms with Crippen LogP contribution in [0.5, 0.6) is 0 Å². The lowest BCUT2D eigenvalue weighted by molar-refractivity contribution is -0.117. The Balaban J connectivity index is 1.22. The SMILES string of the molecule is NC(=O)Cc1cc(-c2ccccc2)cc2c(C3CCN(S(=O)(=O)CCOCCN4CCOCC4)CC3)c[nH]c12. The number of aromatic nitrogens is 1. The van der Waals surface area contributed by atoms with Crippen LogP contribution in [0.15, 0.2) is 48.7 Å². The summed E-state index contributed by atoms with van der Waals surface area (Å²) in [6, 6.07) is 14.3. The number of nitrogens with zero attached hydrogens (tertiary/aromatic N) is 2. The summed E-state index contributed by atoms with van der Waals surface area (Å²) < 4.78 is 38.6. The third-order valence-electron chi connectivity index (χ3n) is 7.80. The summed E-state index contributed by atoms with van der Waals surface area (Å²) in [4.78, 5) is 17.5. The molecule has 10 heteroatoms. The van der Waals surface area contributed by atoms with Gasteiger partial charge in [-0.3, -0.25) is 9.69 Å². The van der Waals surface area contributed by atoms with E-state index in [-0.39, 0.29) is 30.6 Å². The Labute approximate surface area is 230 Å². The van der Waals surface area contributed by atoms with Gasteiger partial charge < -0.3 is 20.2 Å². The molecule has 2 saturated heterocycles. The van der Waals surface area contributed by atoms with E-state index in [0.717, 1.165) is 78.8 Å². The van der Waals surface area contributed by atoms with E-state index in [9.17, 15) is 13.2 Å². The van der Waals surface area contributed by atoms with Gasteiger partial charge in [0.05, 0.1) is 38.6 Å². The number of nitrogens with one attached hydrogen (secondary N) is 1. The minimum absolute atomic E-state index is 0.00474. The first-order chi connectivity index (χ1) is 18.9. The van der Waals surface area contributed by atoms with Crippen molar-refractivity contribution < 1.29 is 22.7 Å². The molecule has 3 heterocycles. The molecule has 2 aromatic carbocycles. The number of morpholine rings is 1. The number of rotatable bonds is 11. The van der Waals surface area contributed by atoms with Gasteiger partial charge in [0.25, 0.3) is 0 Å². The number of piperidine rings is 1. The molecule has 3 N–H and O–H groups in total. The second-order valence-corrected chi connectivity index (χ2v) is 12.5. The van der Waals surface area contributed by atoms with Crippen LogP contribution in [0.1, 0.15) is 29.9 Å². The molecule has 210 valence electrons. The fraction of sp³-hybridized carbons (Fsp3) is 0.483. The topological polar surface area (TPSA) is 118 Å². The number of sulfonamides is 1. The van der Waals surface area contributed by atoms with Crippen molar-refractivity contribution in [2.45, 2.75) is 25.2 Å². The summed E-state index contributed by atoms with van der Waals surface area (Å²) in [5.41, 5.74) is 10.6. The van der Waals surface area contributed by atoms with Gasteiger partial charge in [-0.25, -0.2) is 12.7 Å². The van der Waals surface area contributed by atoms with Gasteiger partial charge in [-0.15, -0.1) is 0 Å². The summed E-state index contributed by atoms with van der Waals surface area (Å²) in [6.45, 7) is 5.78. The summed E-state index contributed by atoms with van der Waals surface area (Å²) in [5, 5.41) is 1.07. The zero-order valence-electron chi connectivity index (χ0n) is 22.3. The smallest absolute Gasteiger partial charge is 0.221 e. The van der Waals surface area contributed by atoms with E-state index in [4.69, 9.17) is 15.2 Å². The standard InChI is InChI=1S/C29H38N4O5S/c30-28(34)20-25-18-24(22-4-2-1-3-5-22)19-26-27(21-31-29(25)26)23-6-8-33(9-7-23)39(35,36)17-16-38-15-12-32-10-13-37-14-11-32/h1-5,18-19,21,23,31H,6-17,20H2,(H2,30,34). The number of ether oxygens (including phenoxy) is 2. The number of fused-ring (bicyclic) bond motifs is 1. The van der Waals surface area contributed by atoms with Crippen LogP contribution in [0.25, 0.3) is 22.0 Å². The molecule has 1 aromatic heterocycles. The molecule has 3 aromatic rings. The van der Waals surface area contributed by atoms with Crippen LogP contribution < -0.4 is 5.73 Å². The van der Waals surface area contributed by atoms with E-state index in [1.54, 1.807) is 4.31 Å². The summed E-state index contributed by atoms with van der Waals surface area (Å²) in [7, 11) is -3.37. The number of primary amides is 1. The van der Waals surface area contributed by atoms with E-state index < -0.39 is 10.0 Å². The molecule has 5 rings (SSSR count). The molecule has 0 aliphatic carbocycles. The van der Waals surface area contributed by atoms with Gasteiger partial charge in [-0.05, 0) is 53.1 Å². The first-order valence-corrected chi connectivity index (χ1v) is 15.3. The normalized spacial score (nSPS) is 18.1. The van der Waals surface area contributed by atoms with Crippen molar-refractivity contribution in [1.29, 1.82) is 0 Å². The lowest BCUT2D eigenvalue weighted by Crippen LogP contribution is -2.40. The van der Waals surface area contributed by atoms with E-state index in [1.807, 2.05) is 30.5 Å². The highest BCUT2D eigenvalue weighted by Gasteiger charge is 2.30. The monoisotopic (exact) mass is 554 g/mol. The van der Waals surface area contributed by atoms with Crippen LogP contribution in [-0.4, -0.2) is 93.4 Å². The number of hydrogen-bond donors (Lipinski definition) is 2. The van der Waals surface area contributed by atoms with E-state index in [0.29, 0.717) is 19.7 Å². The van der Waals surface area contributed by atoms with Crippen LogP contribution in [0, 0.1) is 0 Å². The van der Waals surface area contributed by atoms with Crippen molar-refractivity contribution in [3.63, 3.8) is 0 Å². The first-order valence-electron chi connectivity index (χ1n) is 13.7. The summed E-state index contributed by atoms with van der Waals surface area (Å²) >= 11 is 0. The third-order valence-corrected chi connectivity index (χ3v) is 9.64. The van der Waals surface area contributed by atoms with E-state index >= 15 is 0 Å². The maximum Gasteiger partial charge on any atom is 0.221 e. The highest BCUT2D eigenvalue weighted by molar-refractivity contribution is 7.89. The van der Waals surface area contributed by atoms with Gasteiger partial charge >= 0.3 is 0 Å².